The fourth-order valence-electron chi connectivity index (χ4n) is 2.96. The van der Waals surface area contributed by atoms with Gasteiger partial charge in [0, 0.05) is 30.5 Å². The summed E-state index contributed by atoms with van der Waals surface area (Å²) in [6, 6.07) is 11.8. The summed E-state index contributed by atoms with van der Waals surface area (Å²) < 4.78 is 7.75. The Kier molecular flexibility index (Phi) is 5.44. The zero-order valence-electron chi connectivity index (χ0n) is 15.5. The number of fused-ring (bicyclic) bond motifs is 1. The maximum absolute atomic E-state index is 9.21. The van der Waals surface area contributed by atoms with Gasteiger partial charge in [0.25, 0.3) is 0 Å². The van der Waals surface area contributed by atoms with Crippen LogP contribution in [0.4, 0.5) is 5.69 Å². The Labute approximate surface area is 153 Å². The van der Waals surface area contributed by atoms with Crippen molar-refractivity contribution in [1.82, 2.24) is 14.3 Å². The summed E-state index contributed by atoms with van der Waals surface area (Å²) in [6.07, 6.45) is 2.03. The van der Waals surface area contributed by atoms with Crippen molar-refractivity contribution in [2.24, 2.45) is 0 Å². The van der Waals surface area contributed by atoms with Crippen molar-refractivity contribution >= 4 is 11.3 Å². The number of imidazole rings is 1. The van der Waals surface area contributed by atoms with Gasteiger partial charge in [-0.05, 0) is 57.3 Å². The van der Waals surface area contributed by atoms with Crippen molar-refractivity contribution in [2.45, 2.75) is 26.5 Å². The molecule has 3 aromatic rings. The number of likely N-dealkylation sites (N-methyl/N-ethyl adjacent to an activating group) is 1. The van der Waals surface area contributed by atoms with Crippen LogP contribution in [0.3, 0.4) is 0 Å². The van der Waals surface area contributed by atoms with Gasteiger partial charge in [0.05, 0.1) is 24.1 Å². The van der Waals surface area contributed by atoms with E-state index in [0.717, 1.165) is 28.3 Å². The van der Waals surface area contributed by atoms with E-state index < -0.39 is 0 Å². The average molecular weight is 354 g/mol. The van der Waals surface area contributed by atoms with Crippen LogP contribution >= 0.6 is 0 Å². The predicted molar refractivity (Wildman–Crippen MR) is 104 cm³/mol. The largest absolute Gasteiger partial charge is 0.491 e. The van der Waals surface area contributed by atoms with E-state index in [1.165, 1.54) is 0 Å². The number of aliphatic hydroxyl groups excluding tert-OH is 1. The molecule has 0 atom stereocenters. The quantitative estimate of drug-likeness (QED) is 0.682. The van der Waals surface area contributed by atoms with E-state index in [1.807, 2.05) is 67.9 Å². The predicted octanol–water partition coefficient (Wildman–Crippen LogP) is 2.79. The Morgan fingerprint density at radius 1 is 1.19 bits per heavy atom. The van der Waals surface area contributed by atoms with Crippen molar-refractivity contribution in [3.63, 3.8) is 0 Å². The molecular weight excluding hydrogens is 328 g/mol. The van der Waals surface area contributed by atoms with Gasteiger partial charge >= 0.3 is 0 Å². The second-order valence-corrected chi connectivity index (χ2v) is 6.75. The number of rotatable bonds is 7. The molecule has 2 aromatic heterocycles. The number of aromatic nitrogens is 2. The highest BCUT2D eigenvalue weighted by Crippen LogP contribution is 2.28. The van der Waals surface area contributed by atoms with Gasteiger partial charge in [0.1, 0.15) is 11.4 Å². The number of aliphatic hydroxyl groups is 1. The topological polar surface area (TPSA) is 76.0 Å². The minimum atomic E-state index is 0.117. The first-order chi connectivity index (χ1) is 12.5. The molecule has 0 bridgehead atoms. The van der Waals surface area contributed by atoms with Crippen LogP contribution in [0.1, 0.15) is 19.5 Å². The summed E-state index contributed by atoms with van der Waals surface area (Å²) >= 11 is 0. The Morgan fingerprint density at radius 3 is 2.58 bits per heavy atom. The Balaban J connectivity index is 2.03. The average Bonchev–Trinajstić information content (AvgIpc) is 2.93. The van der Waals surface area contributed by atoms with Gasteiger partial charge < -0.3 is 20.0 Å². The number of nitrogens with two attached hydrogens (primary N) is 1. The molecule has 26 heavy (non-hydrogen) atoms. The number of hydrogen-bond donors (Lipinski definition) is 2. The van der Waals surface area contributed by atoms with Crippen LogP contribution in [0.5, 0.6) is 5.75 Å². The van der Waals surface area contributed by atoms with E-state index in [9.17, 15) is 5.11 Å². The number of benzene rings is 1. The fourth-order valence-corrected chi connectivity index (χ4v) is 2.96. The van der Waals surface area contributed by atoms with Gasteiger partial charge in [0.15, 0.2) is 0 Å². The number of anilines is 1. The fraction of sp³-hybridized carbons (Fsp3) is 0.350. The third-order valence-corrected chi connectivity index (χ3v) is 4.14. The molecule has 0 aliphatic heterocycles. The Morgan fingerprint density at radius 2 is 1.92 bits per heavy atom. The van der Waals surface area contributed by atoms with Crippen LogP contribution in [0.25, 0.3) is 16.9 Å². The molecule has 3 N–H and O–H groups in total. The monoisotopic (exact) mass is 354 g/mol. The van der Waals surface area contributed by atoms with Gasteiger partial charge in [0.2, 0.25) is 0 Å². The highest BCUT2D eigenvalue weighted by atomic mass is 16.5. The molecule has 0 unspecified atom stereocenters. The van der Waals surface area contributed by atoms with E-state index in [1.54, 1.807) is 0 Å². The van der Waals surface area contributed by atoms with Crippen molar-refractivity contribution in [1.29, 1.82) is 0 Å². The molecule has 6 nitrogen and oxygen atoms in total. The maximum atomic E-state index is 9.21. The molecule has 0 aliphatic rings. The Hall–Kier alpha value is -2.57. The minimum Gasteiger partial charge on any atom is -0.491 e. The number of pyridine rings is 1. The summed E-state index contributed by atoms with van der Waals surface area (Å²) in [5.74, 6) is 0.843. The second-order valence-electron chi connectivity index (χ2n) is 6.75. The Bertz CT molecular complexity index is 871. The smallest absolute Gasteiger partial charge is 0.137 e. The highest BCUT2D eigenvalue weighted by Gasteiger charge is 2.16. The van der Waals surface area contributed by atoms with Crippen LogP contribution in [0, 0.1) is 0 Å². The van der Waals surface area contributed by atoms with Crippen LogP contribution in [0.2, 0.25) is 0 Å². The van der Waals surface area contributed by atoms with E-state index in [4.69, 9.17) is 15.5 Å². The standard InChI is InChI=1S/C20H26N4O2/c1-14(2)26-17-7-4-15(5-8-17)20-18(13-23(3)10-11-25)24-12-16(21)6-9-19(24)22-20/h4-9,12,14,25H,10-11,13,21H2,1-3H3. The normalized spacial score (nSPS) is 11.6. The number of nitrogens with zero attached hydrogens (tertiary/aromatic N) is 3. The van der Waals surface area contributed by atoms with E-state index >= 15 is 0 Å². The first-order valence-corrected chi connectivity index (χ1v) is 8.81. The number of hydrogen-bond acceptors (Lipinski definition) is 5. The first-order valence-electron chi connectivity index (χ1n) is 8.81. The van der Waals surface area contributed by atoms with E-state index in [0.29, 0.717) is 18.8 Å². The van der Waals surface area contributed by atoms with Crippen LogP contribution < -0.4 is 10.5 Å². The lowest BCUT2D eigenvalue weighted by Gasteiger charge is -2.16. The number of ether oxygens (including phenoxy) is 1. The molecule has 6 heteroatoms. The second kappa shape index (κ2) is 7.76. The summed E-state index contributed by atoms with van der Waals surface area (Å²) in [6.45, 7) is 5.39. The molecule has 138 valence electrons. The molecular formula is C20H26N4O2. The molecule has 0 amide bonds. The van der Waals surface area contributed by atoms with Gasteiger partial charge in [-0.3, -0.25) is 4.90 Å². The molecule has 0 radical (unpaired) electrons. The molecule has 0 saturated carbocycles. The zero-order valence-corrected chi connectivity index (χ0v) is 15.5. The zero-order chi connectivity index (χ0) is 18.7. The number of nitrogen functional groups attached to an aromatic ring is 1. The molecule has 0 saturated heterocycles. The van der Waals surface area contributed by atoms with Gasteiger partial charge in [-0.2, -0.15) is 0 Å². The lowest BCUT2D eigenvalue weighted by Crippen LogP contribution is -2.22. The van der Waals surface area contributed by atoms with Gasteiger partial charge in [-0.25, -0.2) is 4.98 Å². The molecule has 2 heterocycles. The molecule has 0 fully saturated rings. The van der Waals surface area contributed by atoms with Crippen LogP contribution in [-0.4, -0.2) is 45.7 Å². The van der Waals surface area contributed by atoms with Crippen molar-refractivity contribution in [2.75, 3.05) is 25.9 Å². The van der Waals surface area contributed by atoms with Crippen LogP contribution in [0.15, 0.2) is 42.6 Å². The lowest BCUT2D eigenvalue weighted by molar-refractivity contribution is 0.216. The summed E-state index contributed by atoms with van der Waals surface area (Å²) in [7, 11) is 1.98. The summed E-state index contributed by atoms with van der Waals surface area (Å²) in [5.41, 5.74) is 10.5. The molecule has 0 aliphatic carbocycles. The van der Waals surface area contributed by atoms with Gasteiger partial charge in [-0.15, -0.1) is 0 Å². The molecule has 3 rings (SSSR count). The SMILES string of the molecule is CC(C)Oc1ccc(-c2nc3ccc(N)cn3c2CN(C)CCO)cc1. The maximum Gasteiger partial charge on any atom is 0.137 e. The van der Waals surface area contributed by atoms with Crippen molar-refractivity contribution < 1.29 is 9.84 Å². The van der Waals surface area contributed by atoms with Gasteiger partial charge in [-0.1, -0.05) is 0 Å². The van der Waals surface area contributed by atoms with E-state index in [-0.39, 0.29) is 12.7 Å². The molecule has 0 spiro atoms. The summed E-state index contributed by atoms with van der Waals surface area (Å²) in [4.78, 5) is 6.87. The third-order valence-electron chi connectivity index (χ3n) is 4.14. The van der Waals surface area contributed by atoms with Crippen molar-refractivity contribution in [3.8, 4) is 17.0 Å². The van der Waals surface area contributed by atoms with E-state index in [2.05, 4.69) is 4.90 Å². The summed E-state index contributed by atoms with van der Waals surface area (Å²) in [5, 5.41) is 9.21. The van der Waals surface area contributed by atoms with Crippen LogP contribution in [-0.2, 0) is 6.54 Å². The first kappa shape index (κ1) is 18.2. The van der Waals surface area contributed by atoms with Crippen molar-refractivity contribution in [3.05, 3.63) is 48.3 Å². The molecule has 1 aromatic carbocycles. The lowest BCUT2D eigenvalue weighted by atomic mass is 10.1. The minimum absolute atomic E-state index is 0.117. The highest BCUT2D eigenvalue weighted by molar-refractivity contribution is 5.68. The third kappa shape index (κ3) is 3.98.